The molecule has 0 amide bonds. The van der Waals surface area contributed by atoms with Crippen LogP contribution in [-0.2, 0) is 13.6 Å². The van der Waals surface area contributed by atoms with E-state index in [9.17, 15) is 5.26 Å². The van der Waals surface area contributed by atoms with Gasteiger partial charge in [-0.05, 0) is 19.4 Å². The van der Waals surface area contributed by atoms with Gasteiger partial charge in [-0.15, -0.1) is 0 Å². The summed E-state index contributed by atoms with van der Waals surface area (Å²) in [4.78, 5) is 0. The van der Waals surface area contributed by atoms with Gasteiger partial charge in [0.1, 0.15) is 11.7 Å². The summed E-state index contributed by atoms with van der Waals surface area (Å²) in [7, 11) is 2.08. The van der Waals surface area contributed by atoms with Crippen molar-refractivity contribution in [1.82, 2.24) is 9.13 Å². The smallest absolute Gasteiger partial charge is 0.122 e. The van der Waals surface area contributed by atoms with Gasteiger partial charge in [0.05, 0.1) is 11.1 Å². The number of fused-ring (bicyclic) bond motifs is 3. The fourth-order valence-electron chi connectivity index (χ4n) is 3.05. The van der Waals surface area contributed by atoms with Gasteiger partial charge >= 0.3 is 0 Å². The molecule has 3 rings (SSSR count). The molecule has 96 valence electrons. The predicted molar refractivity (Wildman–Crippen MR) is 78.2 cm³/mol. The normalized spacial score (nSPS) is 11.3. The molecule has 1 aromatic carbocycles. The van der Waals surface area contributed by atoms with Crippen LogP contribution in [0.5, 0.6) is 0 Å². The van der Waals surface area contributed by atoms with Gasteiger partial charge in [-0.25, -0.2) is 0 Å². The van der Waals surface area contributed by atoms with Gasteiger partial charge in [0.25, 0.3) is 0 Å². The van der Waals surface area contributed by atoms with Gasteiger partial charge in [-0.3, -0.25) is 0 Å². The van der Waals surface area contributed by atoms with Crippen molar-refractivity contribution in [2.45, 2.75) is 26.8 Å². The first-order valence-corrected chi connectivity index (χ1v) is 6.67. The average molecular weight is 251 g/mol. The zero-order valence-electron chi connectivity index (χ0n) is 11.6. The number of nitriles is 1. The highest BCUT2D eigenvalue weighted by molar-refractivity contribution is 6.10. The highest BCUT2D eigenvalue weighted by Gasteiger charge is 2.20. The minimum Gasteiger partial charge on any atom is -0.330 e. The monoisotopic (exact) mass is 251 g/mol. The van der Waals surface area contributed by atoms with E-state index < -0.39 is 0 Å². The lowest BCUT2D eigenvalue weighted by atomic mass is 10.1. The number of nitrogens with zero attached hydrogens (tertiary/aromatic N) is 3. The number of rotatable bonds is 2. The topological polar surface area (TPSA) is 33.6 Å². The minimum atomic E-state index is 0.820. The zero-order valence-corrected chi connectivity index (χ0v) is 11.6. The standard InChI is InChI=1S/C16H17N3/c1-4-9-19-11(2)13(10-17)15-12-7-5-6-8-14(12)18(3)16(15)19/h5-8H,4,9H2,1-3H3. The van der Waals surface area contributed by atoms with Crippen LogP contribution in [0, 0.1) is 18.3 Å². The summed E-state index contributed by atoms with van der Waals surface area (Å²) in [6, 6.07) is 10.7. The third kappa shape index (κ3) is 1.43. The van der Waals surface area contributed by atoms with Crippen molar-refractivity contribution < 1.29 is 0 Å². The van der Waals surface area contributed by atoms with Crippen LogP contribution in [0.3, 0.4) is 0 Å². The molecule has 0 unspecified atom stereocenters. The molecular formula is C16H17N3. The van der Waals surface area contributed by atoms with Crippen LogP contribution in [-0.4, -0.2) is 9.13 Å². The van der Waals surface area contributed by atoms with Gasteiger partial charge in [-0.2, -0.15) is 5.26 Å². The Hall–Kier alpha value is -2.21. The van der Waals surface area contributed by atoms with Crippen LogP contribution in [0.25, 0.3) is 21.9 Å². The maximum Gasteiger partial charge on any atom is 0.122 e. The average Bonchev–Trinajstić information content (AvgIpc) is 2.86. The first-order valence-electron chi connectivity index (χ1n) is 6.67. The molecule has 3 nitrogen and oxygen atoms in total. The van der Waals surface area contributed by atoms with Gasteiger partial charge in [-0.1, -0.05) is 25.1 Å². The Morgan fingerprint density at radius 1 is 1.26 bits per heavy atom. The van der Waals surface area contributed by atoms with E-state index in [0.29, 0.717) is 0 Å². The molecule has 0 aliphatic rings. The van der Waals surface area contributed by atoms with E-state index >= 15 is 0 Å². The fraction of sp³-hybridized carbons (Fsp3) is 0.312. The lowest BCUT2D eigenvalue weighted by molar-refractivity contribution is 0.670. The number of aromatic nitrogens is 2. The van der Waals surface area contributed by atoms with Crippen molar-refractivity contribution >= 4 is 21.9 Å². The molecule has 0 radical (unpaired) electrons. The van der Waals surface area contributed by atoms with Crippen LogP contribution < -0.4 is 0 Å². The fourth-order valence-corrected chi connectivity index (χ4v) is 3.05. The van der Waals surface area contributed by atoms with E-state index in [-0.39, 0.29) is 0 Å². The molecule has 0 fully saturated rings. The van der Waals surface area contributed by atoms with E-state index in [1.165, 1.54) is 10.9 Å². The second kappa shape index (κ2) is 4.17. The molecule has 2 heterocycles. The quantitative estimate of drug-likeness (QED) is 0.683. The Kier molecular flexibility index (Phi) is 2.60. The molecule has 0 saturated carbocycles. The van der Waals surface area contributed by atoms with Crippen molar-refractivity contribution in [1.29, 1.82) is 5.26 Å². The first-order chi connectivity index (χ1) is 9.20. The van der Waals surface area contributed by atoms with E-state index in [1.54, 1.807) is 0 Å². The van der Waals surface area contributed by atoms with Crippen LogP contribution in [0.1, 0.15) is 24.6 Å². The van der Waals surface area contributed by atoms with Crippen LogP contribution in [0.4, 0.5) is 0 Å². The summed E-state index contributed by atoms with van der Waals surface area (Å²) in [6.45, 7) is 5.16. The van der Waals surface area contributed by atoms with E-state index in [2.05, 4.69) is 41.3 Å². The number of para-hydroxylation sites is 1. The Balaban J connectivity index is 2.58. The lowest BCUT2D eigenvalue weighted by Gasteiger charge is -2.08. The Bertz CT molecular complexity index is 812. The molecule has 0 spiro atoms. The van der Waals surface area contributed by atoms with Gasteiger partial charge < -0.3 is 9.13 Å². The number of aryl methyl sites for hydroxylation is 2. The SMILES string of the molecule is CCCn1c(C)c(C#N)c2c3ccccc3n(C)c21. The third-order valence-electron chi connectivity index (χ3n) is 3.91. The van der Waals surface area contributed by atoms with E-state index in [4.69, 9.17) is 0 Å². The molecule has 3 aromatic rings. The maximum absolute atomic E-state index is 9.49. The second-order valence-electron chi connectivity index (χ2n) is 5.00. The summed E-state index contributed by atoms with van der Waals surface area (Å²) >= 11 is 0. The van der Waals surface area contributed by atoms with Gasteiger partial charge in [0.2, 0.25) is 0 Å². The second-order valence-corrected chi connectivity index (χ2v) is 5.00. The van der Waals surface area contributed by atoms with Crippen molar-refractivity contribution in [2.24, 2.45) is 7.05 Å². The van der Waals surface area contributed by atoms with E-state index in [0.717, 1.165) is 35.3 Å². The van der Waals surface area contributed by atoms with Crippen LogP contribution in [0.15, 0.2) is 24.3 Å². The molecule has 2 aromatic heterocycles. The molecule has 0 aliphatic heterocycles. The highest BCUT2D eigenvalue weighted by Crippen LogP contribution is 2.34. The summed E-state index contributed by atoms with van der Waals surface area (Å²) in [5.74, 6) is 0. The molecule has 0 aliphatic carbocycles. The Labute approximate surface area is 112 Å². The number of hydrogen-bond donors (Lipinski definition) is 0. The van der Waals surface area contributed by atoms with Crippen molar-refractivity contribution in [3.63, 3.8) is 0 Å². The van der Waals surface area contributed by atoms with Gasteiger partial charge in [0.15, 0.2) is 0 Å². The van der Waals surface area contributed by atoms with Crippen molar-refractivity contribution in [3.8, 4) is 6.07 Å². The first kappa shape index (κ1) is 11.9. The van der Waals surface area contributed by atoms with Crippen molar-refractivity contribution in [2.75, 3.05) is 0 Å². The molecule has 0 saturated heterocycles. The molecule has 19 heavy (non-hydrogen) atoms. The maximum atomic E-state index is 9.49. The zero-order chi connectivity index (χ0) is 13.6. The molecule has 3 heteroatoms. The third-order valence-corrected chi connectivity index (χ3v) is 3.91. The van der Waals surface area contributed by atoms with Gasteiger partial charge in [0, 0.05) is 30.1 Å². The molecule has 0 bridgehead atoms. The largest absolute Gasteiger partial charge is 0.330 e. The van der Waals surface area contributed by atoms with Crippen LogP contribution >= 0.6 is 0 Å². The van der Waals surface area contributed by atoms with Crippen LogP contribution in [0.2, 0.25) is 0 Å². The van der Waals surface area contributed by atoms with E-state index in [1.807, 2.05) is 19.1 Å². The van der Waals surface area contributed by atoms with Crippen molar-refractivity contribution in [3.05, 3.63) is 35.5 Å². The highest BCUT2D eigenvalue weighted by atomic mass is 15.1. The minimum absolute atomic E-state index is 0.820. The summed E-state index contributed by atoms with van der Waals surface area (Å²) in [5, 5.41) is 11.8. The lowest BCUT2D eigenvalue weighted by Crippen LogP contribution is -2.03. The summed E-state index contributed by atoms with van der Waals surface area (Å²) < 4.78 is 4.47. The molecule has 0 N–H and O–H groups in total. The Morgan fingerprint density at radius 2 is 2.00 bits per heavy atom. The molecule has 0 atom stereocenters. The molecular weight excluding hydrogens is 234 g/mol. The summed E-state index contributed by atoms with van der Waals surface area (Å²) in [6.07, 6.45) is 1.07. The summed E-state index contributed by atoms with van der Waals surface area (Å²) in [5.41, 5.74) is 4.25. The predicted octanol–water partition coefficient (Wildman–Crippen LogP) is 3.72. The number of benzene rings is 1. The Morgan fingerprint density at radius 3 is 2.68 bits per heavy atom. The number of hydrogen-bond acceptors (Lipinski definition) is 1.